The lowest BCUT2D eigenvalue weighted by Gasteiger charge is -1.98. The number of nitrogens with zero attached hydrogens (tertiary/aromatic N) is 2. The highest BCUT2D eigenvalue weighted by molar-refractivity contribution is 9.10. The van der Waals surface area contributed by atoms with Crippen LogP contribution in [0.4, 0.5) is 11.4 Å². The number of thiophene rings is 1. The van der Waals surface area contributed by atoms with Crippen LogP contribution in [0.25, 0.3) is 0 Å². The van der Waals surface area contributed by atoms with Crippen LogP contribution in [0, 0.1) is 10.1 Å². The number of non-ortho nitro benzene ring substituents is 1. The summed E-state index contributed by atoms with van der Waals surface area (Å²) in [6, 6.07) is 8.13. The number of nitro groups is 1. The Morgan fingerprint density at radius 3 is 2.94 bits per heavy atom. The van der Waals surface area contributed by atoms with Crippen molar-refractivity contribution in [2.75, 3.05) is 5.43 Å². The molecule has 0 radical (unpaired) electrons. The summed E-state index contributed by atoms with van der Waals surface area (Å²) in [7, 11) is 0. The zero-order chi connectivity index (χ0) is 13.0. The quantitative estimate of drug-likeness (QED) is 0.527. The highest BCUT2D eigenvalue weighted by atomic mass is 79.9. The van der Waals surface area contributed by atoms with Crippen molar-refractivity contribution in [3.8, 4) is 0 Å². The third-order valence-electron chi connectivity index (χ3n) is 2.03. The van der Waals surface area contributed by atoms with E-state index in [1.165, 1.54) is 12.1 Å². The molecule has 0 aliphatic rings. The maximum Gasteiger partial charge on any atom is 0.271 e. The van der Waals surface area contributed by atoms with Crippen LogP contribution >= 0.6 is 27.3 Å². The van der Waals surface area contributed by atoms with Crippen LogP contribution in [0.5, 0.6) is 0 Å². The lowest BCUT2D eigenvalue weighted by Crippen LogP contribution is -1.92. The molecule has 0 aliphatic heterocycles. The van der Waals surface area contributed by atoms with E-state index in [0.29, 0.717) is 5.69 Å². The number of nitrogens with one attached hydrogen (secondary N) is 1. The molecule has 0 aliphatic carbocycles. The number of benzene rings is 1. The molecule has 18 heavy (non-hydrogen) atoms. The molecule has 0 amide bonds. The predicted octanol–water partition coefficient (Wildman–Crippen LogP) is 3.86. The highest BCUT2D eigenvalue weighted by Crippen LogP contribution is 2.19. The van der Waals surface area contributed by atoms with E-state index in [-0.39, 0.29) is 5.69 Å². The van der Waals surface area contributed by atoms with Crippen LogP contribution in [0.15, 0.2) is 45.3 Å². The minimum atomic E-state index is -0.439. The fourth-order valence-corrected chi connectivity index (χ4v) is 2.56. The Bertz CT molecular complexity index is 597. The molecule has 1 aromatic heterocycles. The fraction of sp³-hybridized carbons (Fsp3) is 0. The number of nitro benzene ring substituents is 1. The minimum Gasteiger partial charge on any atom is -0.278 e. The van der Waals surface area contributed by atoms with Crippen molar-refractivity contribution in [2.24, 2.45) is 5.10 Å². The molecule has 0 atom stereocenters. The molecule has 0 spiro atoms. The first kappa shape index (κ1) is 12.7. The van der Waals surface area contributed by atoms with Gasteiger partial charge in [-0.15, -0.1) is 11.3 Å². The molecule has 7 heteroatoms. The second-order valence-electron chi connectivity index (χ2n) is 3.34. The molecule has 2 rings (SSSR count). The van der Waals surface area contributed by atoms with Crippen molar-refractivity contribution in [1.82, 2.24) is 0 Å². The zero-order valence-electron chi connectivity index (χ0n) is 9.04. The zero-order valence-corrected chi connectivity index (χ0v) is 11.4. The van der Waals surface area contributed by atoms with Gasteiger partial charge in [-0.25, -0.2) is 0 Å². The van der Waals surface area contributed by atoms with Crippen LogP contribution in [0.3, 0.4) is 0 Å². The number of hydrogen-bond acceptors (Lipinski definition) is 5. The first-order valence-electron chi connectivity index (χ1n) is 4.93. The van der Waals surface area contributed by atoms with Gasteiger partial charge in [0.05, 0.1) is 16.8 Å². The molecular formula is C11H8BrN3O2S. The van der Waals surface area contributed by atoms with Gasteiger partial charge in [-0.1, -0.05) is 6.07 Å². The third-order valence-corrected chi connectivity index (χ3v) is 3.66. The Hall–Kier alpha value is -1.73. The minimum absolute atomic E-state index is 0.0362. The molecule has 5 nitrogen and oxygen atoms in total. The summed E-state index contributed by atoms with van der Waals surface area (Å²) in [5.74, 6) is 0. The predicted molar refractivity (Wildman–Crippen MR) is 76.3 cm³/mol. The van der Waals surface area contributed by atoms with Crippen LogP contribution in [-0.4, -0.2) is 11.1 Å². The van der Waals surface area contributed by atoms with Crippen molar-refractivity contribution in [1.29, 1.82) is 0 Å². The number of hydrazone groups is 1. The lowest BCUT2D eigenvalue weighted by molar-refractivity contribution is -0.384. The van der Waals surface area contributed by atoms with E-state index in [0.717, 1.165) is 9.35 Å². The van der Waals surface area contributed by atoms with Gasteiger partial charge in [0.1, 0.15) is 0 Å². The highest BCUT2D eigenvalue weighted by Gasteiger charge is 2.04. The van der Waals surface area contributed by atoms with Crippen molar-refractivity contribution in [3.63, 3.8) is 0 Å². The molecule has 1 heterocycles. The van der Waals surface area contributed by atoms with Crippen LogP contribution in [0.1, 0.15) is 4.88 Å². The van der Waals surface area contributed by atoms with E-state index >= 15 is 0 Å². The Morgan fingerprint density at radius 2 is 2.28 bits per heavy atom. The smallest absolute Gasteiger partial charge is 0.271 e. The number of hydrogen-bond donors (Lipinski definition) is 1. The molecule has 1 aromatic carbocycles. The summed E-state index contributed by atoms with van der Waals surface area (Å²) in [6.45, 7) is 0. The summed E-state index contributed by atoms with van der Waals surface area (Å²) in [4.78, 5) is 11.1. The maximum atomic E-state index is 10.6. The van der Waals surface area contributed by atoms with E-state index < -0.39 is 4.92 Å². The number of anilines is 1. The van der Waals surface area contributed by atoms with Crippen LogP contribution in [-0.2, 0) is 0 Å². The van der Waals surface area contributed by atoms with Gasteiger partial charge in [0.2, 0.25) is 0 Å². The van der Waals surface area contributed by atoms with E-state index in [9.17, 15) is 10.1 Å². The normalized spacial score (nSPS) is 10.7. The van der Waals surface area contributed by atoms with Gasteiger partial charge in [-0.2, -0.15) is 5.10 Å². The molecule has 0 saturated heterocycles. The monoisotopic (exact) mass is 325 g/mol. The maximum absolute atomic E-state index is 10.6. The van der Waals surface area contributed by atoms with E-state index in [4.69, 9.17) is 0 Å². The Balaban J connectivity index is 2.04. The standard InChI is InChI=1S/C11H8BrN3O2S/c12-8-4-11(18-7-8)6-13-14-9-2-1-3-10(5-9)15(16)17/h1-7,14H/b13-6+. The van der Waals surface area contributed by atoms with Gasteiger partial charge in [-0.3, -0.25) is 15.5 Å². The average Bonchev–Trinajstić information content (AvgIpc) is 2.75. The Kier molecular flexibility index (Phi) is 4.06. The van der Waals surface area contributed by atoms with Crippen molar-refractivity contribution >= 4 is 44.9 Å². The molecule has 0 saturated carbocycles. The lowest BCUT2D eigenvalue weighted by atomic mass is 10.3. The molecule has 1 N–H and O–H groups in total. The summed E-state index contributed by atoms with van der Waals surface area (Å²) < 4.78 is 1.00. The van der Waals surface area contributed by atoms with E-state index in [1.54, 1.807) is 29.7 Å². The van der Waals surface area contributed by atoms with Crippen molar-refractivity contribution < 1.29 is 4.92 Å². The Labute approximate surface area is 115 Å². The van der Waals surface area contributed by atoms with Gasteiger partial charge >= 0.3 is 0 Å². The molecular weight excluding hydrogens is 318 g/mol. The third kappa shape index (κ3) is 3.38. The first-order valence-corrected chi connectivity index (χ1v) is 6.60. The number of rotatable bonds is 4. The SMILES string of the molecule is O=[N+]([O-])c1cccc(N/N=C/c2cc(Br)cs2)c1. The van der Waals surface area contributed by atoms with Crippen molar-refractivity contribution in [3.05, 3.63) is 55.2 Å². The molecule has 0 unspecified atom stereocenters. The van der Waals surface area contributed by atoms with Crippen LogP contribution in [0.2, 0.25) is 0 Å². The van der Waals surface area contributed by atoms with Crippen molar-refractivity contribution in [2.45, 2.75) is 0 Å². The van der Waals surface area contributed by atoms with E-state index in [2.05, 4.69) is 26.5 Å². The first-order chi connectivity index (χ1) is 8.65. The topological polar surface area (TPSA) is 67.5 Å². The molecule has 0 fully saturated rings. The van der Waals surface area contributed by atoms with Crippen LogP contribution < -0.4 is 5.43 Å². The second kappa shape index (κ2) is 5.74. The van der Waals surface area contributed by atoms with Gasteiger partial charge in [0.25, 0.3) is 5.69 Å². The van der Waals surface area contributed by atoms with Gasteiger partial charge in [0.15, 0.2) is 0 Å². The Morgan fingerprint density at radius 1 is 1.44 bits per heavy atom. The summed E-state index contributed by atoms with van der Waals surface area (Å²) in [5.41, 5.74) is 3.37. The molecule has 92 valence electrons. The fourth-order valence-electron chi connectivity index (χ4n) is 1.26. The van der Waals surface area contributed by atoms with E-state index in [1.807, 2.05) is 11.4 Å². The molecule has 0 bridgehead atoms. The second-order valence-corrected chi connectivity index (χ2v) is 5.20. The number of halogens is 1. The summed E-state index contributed by atoms with van der Waals surface area (Å²) >= 11 is 4.90. The summed E-state index contributed by atoms with van der Waals surface area (Å²) in [6.07, 6.45) is 1.66. The largest absolute Gasteiger partial charge is 0.278 e. The molecule has 2 aromatic rings. The average molecular weight is 326 g/mol. The van der Waals surface area contributed by atoms with Gasteiger partial charge < -0.3 is 0 Å². The van der Waals surface area contributed by atoms with Gasteiger partial charge in [0, 0.05) is 26.9 Å². The van der Waals surface area contributed by atoms with Gasteiger partial charge in [-0.05, 0) is 28.1 Å². The summed E-state index contributed by atoms with van der Waals surface area (Å²) in [5, 5.41) is 16.6.